The van der Waals surface area contributed by atoms with Gasteiger partial charge in [-0.2, -0.15) is 0 Å². The van der Waals surface area contributed by atoms with E-state index in [0.29, 0.717) is 25.1 Å². The van der Waals surface area contributed by atoms with E-state index in [1.807, 2.05) is 0 Å². The molecule has 0 aromatic carbocycles. The second-order valence-electron chi connectivity index (χ2n) is 5.77. The van der Waals surface area contributed by atoms with E-state index in [4.69, 9.17) is 9.84 Å². The van der Waals surface area contributed by atoms with Gasteiger partial charge in [-0.3, -0.25) is 4.90 Å². The average Bonchev–Trinajstić information content (AvgIpc) is 2.58. The van der Waals surface area contributed by atoms with Crippen molar-refractivity contribution < 1.29 is 19.4 Å². The van der Waals surface area contributed by atoms with Crippen LogP contribution in [0.15, 0.2) is 12.2 Å². The molecule has 5 heteroatoms. The molecule has 1 aliphatic heterocycles. The van der Waals surface area contributed by atoms with Gasteiger partial charge >= 0.3 is 12.1 Å². The van der Waals surface area contributed by atoms with E-state index in [0.717, 1.165) is 6.42 Å². The third-order valence-electron chi connectivity index (χ3n) is 2.92. The molecule has 1 saturated heterocycles. The van der Waals surface area contributed by atoms with Crippen molar-refractivity contribution in [3.63, 3.8) is 0 Å². The zero-order valence-electron chi connectivity index (χ0n) is 11.2. The number of hydrogen-bond acceptors (Lipinski definition) is 3. The minimum Gasteiger partial charge on any atom is -0.479 e. The van der Waals surface area contributed by atoms with Crippen LogP contribution in [0.2, 0.25) is 0 Å². The number of nitrogens with zero attached hydrogens (tertiary/aromatic N) is 1. The summed E-state index contributed by atoms with van der Waals surface area (Å²) in [4.78, 5) is 24.1. The summed E-state index contributed by atoms with van der Waals surface area (Å²) < 4.78 is 5.11. The van der Waals surface area contributed by atoms with Gasteiger partial charge in [-0.1, -0.05) is 27.4 Å². The van der Waals surface area contributed by atoms with E-state index in [9.17, 15) is 9.59 Å². The normalized spacial score (nSPS) is 20.1. The van der Waals surface area contributed by atoms with Gasteiger partial charge in [-0.25, -0.2) is 9.59 Å². The summed E-state index contributed by atoms with van der Waals surface area (Å²) in [6, 6.07) is -0.938. The van der Waals surface area contributed by atoms with Crippen molar-refractivity contribution in [1.82, 2.24) is 4.90 Å². The van der Waals surface area contributed by atoms with Crippen LogP contribution in [0.5, 0.6) is 0 Å². The Morgan fingerprint density at radius 1 is 1.50 bits per heavy atom. The maximum Gasteiger partial charge on any atom is 0.410 e. The highest BCUT2D eigenvalue weighted by Gasteiger charge is 2.37. The summed E-state index contributed by atoms with van der Waals surface area (Å²) in [6.45, 7) is 10.5. The predicted octanol–water partition coefficient (Wildman–Crippen LogP) is 2.27. The first-order valence-corrected chi connectivity index (χ1v) is 6.06. The van der Waals surface area contributed by atoms with Crippen LogP contribution >= 0.6 is 0 Å². The Morgan fingerprint density at radius 3 is 2.61 bits per heavy atom. The highest BCUT2D eigenvalue weighted by atomic mass is 16.6. The molecule has 0 aliphatic carbocycles. The fourth-order valence-electron chi connectivity index (χ4n) is 1.78. The lowest BCUT2D eigenvalue weighted by atomic mass is 9.93. The molecule has 1 unspecified atom stereocenters. The molecule has 0 bridgehead atoms. The molecule has 0 radical (unpaired) electrons. The summed E-state index contributed by atoms with van der Waals surface area (Å²) >= 11 is 0. The Morgan fingerprint density at radius 2 is 2.11 bits per heavy atom. The van der Waals surface area contributed by atoms with Gasteiger partial charge in [0, 0.05) is 6.54 Å². The van der Waals surface area contributed by atoms with Crippen LogP contribution in [0.25, 0.3) is 0 Å². The van der Waals surface area contributed by atoms with Crippen molar-refractivity contribution >= 4 is 12.1 Å². The Kier molecular flexibility index (Phi) is 4.38. The lowest BCUT2D eigenvalue weighted by molar-refractivity contribution is -0.140. The van der Waals surface area contributed by atoms with Crippen molar-refractivity contribution in [1.29, 1.82) is 0 Å². The average molecular weight is 255 g/mol. The Labute approximate surface area is 107 Å². The van der Waals surface area contributed by atoms with Crippen LogP contribution in [-0.4, -0.2) is 41.3 Å². The number of rotatable bonds is 3. The SMILES string of the molecule is C=C1CCN(C(=O)OCCC(C)(C)C)C1C(=O)O. The number of carboxylic acids is 1. The number of aliphatic carboxylic acids is 1. The van der Waals surface area contributed by atoms with Crippen molar-refractivity contribution in [3.8, 4) is 0 Å². The van der Waals surface area contributed by atoms with E-state index < -0.39 is 18.1 Å². The van der Waals surface area contributed by atoms with Crippen LogP contribution in [0.4, 0.5) is 4.79 Å². The van der Waals surface area contributed by atoms with Crippen LogP contribution < -0.4 is 0 Å². The molecule has 18 heavy (non-hydrogen) atoms. The lowest BCUT2D eigenvalue weighted by Gasteiger charge is -2.23. The lowest BCUT2D eigenvalue weighted by Crippen LogP contribution is -2.41. The fraction of sp³-hybridized carbons (Fsp3) is 0.692. The van der Waals surface area contributed by atoms with Gasteiger partial charge in [0.25, 0.3) is 0 Å². The number of carbonyl (C=O) groups is 2. The first-order chi connectivity index (χ1) is 8.22. The number of carboxylic acid groups (broad SMARTS) is 1. The fourth-order valence-corrected chi connectivity index (χ4v) is 1.78. The highest BCUT2D eigenvalue weighted by molar-refractivity contribution is 5.84. The van der Waals surface area contributed by atoms with E-state index in [2.05, 4.69) is 27.4 Å². The molecule has 0 saturated carbocycles. The molecule has 1 fully saturated rings. The highest BCUT2D eigenvalue weighted by Crippen LogP contribution is 2.24. The van der Waals surface area contributed by atoms with Gasteiger partial charge in [-0.15, -0.1) is 0 Å². The second-order valence-corrected chi connectivity index (χ2v) is 5.77. The van der Waals surface area contributed by atoms with Crippen LogP contribution in [0.1, 0.15) is 33.6 Å². The quantitative estimate of drug-likeness (QED) is 0.786. The Balaban J connectivity index is 2.51. The maximum atomic E-state index is 11.8. The summed E-state index contributed by atoms with van der Waals surface area (Å²) in [5, 5.41) is 9.05. The van der Waals surface area contributed by atoms with Gasteiger partial charge in [0.1, 0.15) is 0 Å². The molecule has 1 rings (SSSR count). The van der Waals surface area contributed by atoms with Gasteiger partial charge in [0.05, 0.1) is 6.61 Å². The summed E-state index contributed by atoms with van der Waals surface area (Å²) in [5.74, 6) is -1.05. The summed E-state index contributed by atoms with van der Waals surface area (Å²) in [5.41, 5.74) is 0.636. The number of ether oxygens (including phenoxy) is 1. The zero-order valence-corrected chi connectivity index (χ0v) is 11.2. The van der Waals surface area contributed by atoms with Crippen molar-refractivity contribution in [2.75, 3.05) is 13.2 Å². The minimum atomic E-state index is -1.05. The molecule has 0 spiro atoms. The van der Waals surface area contributed by atoms with Crippen LogP contribution in [0.3, 0.4) is 0 Å². The van der Waals surface area contributed by atoms with Crippen molar-refractivity contribution in [3.05, 3.63) is 12.2 Å². The predicted molar refractivity (Wildman–Crippen MR) is 67.3 cm³/mol. The van der Waals surface area contributed by atoms with E-state index >= 15 is 0 Å². The number of amides is 1. The first kappa shape index (κ1) is 14.5. The number of carbonyl (C=O) groups excluding carboxylic acids is 1. The van der Waals surface area contributed by atoms with Crippen molar-refractivity contribution in [2.24, 2.45) is 5.41 Å². The molecule has 1 heterocycles. The standard InChI is InChI=1S/C13H21NO4/c1-9-5-7-14(10(9)11(15)16)12(17)18-8-6-13(2,3)4/h10H,1,5-8H2,2-4H3,(H,15,16). The summed E-state index contributed by atoms with van der Waals surface area (Å²) in [7, 11) is 0. The smallest absolute Gasteiger partial charge is 0.410 e. The van der Waals surface area contributed by atoms with Crippen molar-refractivity contribution in [2.45, 2.75) is 39.7 Å². The molecular weight excluding hydrogens is 234 g/mol. The van der Waals surface area contributed by atoms with Gasteiger partial charge in [-0.05, 0) is 23.8 Å². The Hall–Kier alpha value is -1.52. The van der Waals surface area contributed by atoms with E-state index in [-0.39, 0.29) is 5.41 Å². The van der Waals surface area contributed by atoms with E-state index in [1.54, 1.807) is 0 Å². The van der Waals surface area contributed by atoms with Crippen LogP contribution in [-0.2, 0) is 9.53 Å². The molecule has 1 aliphatic rings. The summed E-state index contributed by atoms with van der Waals surface area (Å²) in [6.07, 6.45) is 0.696. The first-order valence-electron chi connectivity index (χ1n) is 6.06. The second kappa shape index (κ2) is 5.42. The molecule has 1 atom stereocenters. The third kappa shape index (κ3) is 3.75. The zero-order chi connectivity index (χ0) is 13.9. The topological polar surface area (TPSA) is 66.8 Å². The van der Waals surface area contributed by atoms with Gasteiger partial charge in [0.15, 0.2) is 6.04 Å². The number of hydrogen-bond donors (Lipinski definition) is 1. The molecular formula is C13H21NO4. The molecule has 0 aromatic heterocycles. The largest absolute Gasteiger partial charge is 0.479 e. The molecule has 1 N–H and O–H groups in total. The number of likely N-dealkylation sites (tertiary alicyclic amines) is 1. The molecule has 5 nitrogen and oxygen atoms in total. The van der Waals surface area contributed by atoms with Gasteiger partial charge < -0.3 is 9.84 Å². The van der Waals surface area contributed by atoms with E-state index in [1.165, 1.54) is 4.90 Å². The third-order valence-corrected chi connectivity index (χ3v) is 2.92. The maximum absolute atomic E-state index is 11.8. The monoisotopic (exact) mass is 255 g/mol. The van der Waals surface area contributed by atoms with Crippen LogP contribution in [0, 0.1) is 5.41 Å². The Bertz CT molecular complexity index is 356. The molecule has 1 amide bonds. The minimum absolute atomic E-state index is 0.0844. The molecule has 102 valence electrons. The van der Waals surface area contributed by atoms with Gasteiger partial charge in [0.2, 0.25) is 0 Å². The molecule has 0 aromatic rings.